The molecule has 4 aliphatic rings. The Morgan fingerprint density at radius 2 is 1.68 bits per heavy atom. The normalized spacial score (nSPS) is 27.0. The van der Waals surface area contributed by atoms with Crippen molar-refractivity contribution in [2.75, 3.05) is 0 Å². The lowest BCUT2D eigenvalue weighted by molar-refractivity contribution is -0.140. The van der Waals surface area contributed by atoms with Crippen LogP contribution in [0.25, 0.3) is 0 Å². The first kappa shape index (κ1) is 23.3. The van der Waals surface area contributed by atoms with E-state index in [9.17, 15) is 24.3 Å². The fourth-order valence-corrected chi connectivity index (χ4v) is 6.62. The van der Waals surface area contributed by atoms with Crippen molar-refractivity contribution in [2.24, 2.45) is 17.8 Å². The third-order valence-corrected chi connectivity index (χ3v) is 8.42. The number of ketones is 2. The molecular weight excluding hydrogens is 466 g/mol. The number of aryl methyl sites for hydroxylation is 1. The molecule has 6 rings (SSSR count). The highest BCUT2D eigenvalue weighted by Crippen LogP contribution is 2.56. The van der Waals surface area contributed by atoms with Crippen molar-refractivity contribution >= 4 is 23.4 Å². The fourth-order valence-electron chi connectivity index (χ4n) is 6.62. The van der Waals surface area contributed by atoms with Crippen LogP contribution in [0.2, 0.25) is 0 Å². The number of para-hydroxylation sites is 1. The molecule has 2 aromatic rings. The van der Waals surface area contributed by atoms with Gasteiger partial charge in [0, 0.05) is 28.2 Å². The van der Waals surface area contributed by atoms with Crippen molar-refractivity contribution in [3.05, 3.63) is 99.7 Å². The van der Waals surface area contributed by atoms with Gasteiger partial charge in [0.15, 0.2) is 11.6 Å². The molecule has 0 saturated carbocycles. The number of rotatable bonds is 3. The van der Waals surface area contributed by atoms with E-state index in [0.717, 1.165) is 11.1 Å². The average Bonchev–Trinajstić information content (AvgIpc) is 3.13. The predicted octanol–water partition coefficient (Wildman–Crippen LogP) is 4.33. The zero-order valence-corrected chi connectivity index (χ0v) is 20.7. The molecule has 0 radical (unpaired) electrons. The molecule has 37 heavy (non-hydrogen) atoms. The molecule has 1 saturated heterocycles. The number of phenols is 1. The molecule has 0 spiro atoms. The number of benzene rings is 2. The number of hydrogen-bond acceptors (Lipinski definition) is 5. The monoisotopic (exact) mass is 493 g/mol. The van der Waals surface area contributed by atoms with Crippen LogP contribution in [-0.4, -0.2) is 33.4 Å². The minimum Gasteiger partial charge on any atom is -0.507 e. The van der Waals surface area contributed by atoms with Crippen molar-refractivity contribution in [1.82, 2.24) is 4.90 Å². The van der Waals surface area contributed by atoms with E-state index in [4.69, 9.17) is 0 Å². The molecule has 2 amide bonds. The van der Waals surface area contributed by atoms with Gasteiger partial charge >= 0.3 is 0 Å². The number of fused-ring (bicyclic) bond motifs is 3. The van der Waals surface area contributed by atoms with Gasteiger partial charge in [0.05, 0.1) is 18.4 Å². The number of Topliss-reactive ketones (excluding diaryl/α,β-unsaturated/α-hetero) is 1. The number of carbonyl (C=O) groups is 4. The van der Waals surface area contributed by atoms with E-state index >= 15 is 0 Å². The Balaban J connectivity index is 1.47. The molecule has 1 fully saturated rings. The maximum Gasteiger partial charge on any atom is 0.234 e. The van der Waals surface area contributed by atoms with Crippen molar-refractivity contribution in [1.29, 1.82) is 0 Å². The lowest BCUT2D eigenvalue weighted by Crippen LogP contribution is -2.39. The Kier molecular flexibility index (Phi) is 5.37. The van der Waals surface area contributed by atoms with E-state index in [2.05, 4.69) is 0 Å². The lowest BCUT2D eigenvalue weighted by Gasteiger charge is -2.42. The van der Waals surface area contributed by atoms with Crippen molar-refractivity contribution in [2.45, 2.75) is 39.2 Å². The van der Waals surface area contributed by atoms with Crippen LogP contribution >= 0.6 is 0 Å². The first-order valence-corrected chi connectivity index (χ1v) is 12.7. The second kappa shape index (κ2) is 8.51. The molecular formula is C31H27NO5. The van der Waals surface area contributed by atoms with Crippen molar-refractivity contribution in [3.8, 4) is 5.75 Å². The van der Waals surface area contributed by atoms with E-state index in [0.29, 0.717) is 34.3 Å². The Hall–Kier alpha value is -4.06. The predicted molar refractivity (Wildman–Crippen MR) is 136 cm³/mol. The summed E-state index contributed by atoms with van der Waals surface area (Å²) in [4.78, 5) is 55.2. The van der Waals surface area contributed by atoms with Gasteiger partial charge in [-0.05, 0) is 49.8 Å². The summed E-state index contributed by atoms with van der Waals surface area (Å²) >= 11 is 0. The van der Waals surface area contributed by atoms with Crippen LogP contribution in [0, 0.1) is 24.7 Å². The van der Waals surface area contributed by atoms with Gasteiger partial charge in [-0.25, -0.2) is 0 Å². The number of imide groups is 1. The summed E-state index contributed by atoms with van der Waals surface area (Å²) in [5.41, 5.74) is 4.10. The second-order valence-electron chi connectivity index (χ2n) is 10.5. The van der Waals surface area contributed by atoms with E-state index in [1.165, 1.54) is 11.0 Å². The topological polar surface area (TPSA) is 91.8 Å². The summed E-state index contributed by atoms with van der Waals surface area (Å²) in [6.45, 7) is 3.64. The highest BCUT2D eigenvalue weighted by molar-refractivity contribution is 6.24. The average molecular weight is 494 g/mol. The second-order valence-corrected chi connectivity index (χ2v) is 10.5. The molecule has 4 atom stereocenters. The van der Waals surface area contributed by atoms with Crippen LogP contribution in [0.3, 0.4) is 0 Å². The SMILES string of the molecule is CC1=CC(=O)C2=C(C1=O)[C@@H](c1cccc(C)c1O)C1=CC[C@@H]3C(=O)N(Cc4ccccc4)C(=O)[C@@H]3[C@@H]1C2. The van der Waals surface area contributed by atoms with E-state index in [1.54, 1.807) is 26.0 Å². The number of likely N-dealkylation sites (tertiary alicyclic amines) is 1. The summed E-state index contributed by atoms with van der Waals surface area (Å²) in [6, 6.07) is 14.8. The smallest absolute Gasteiger partial charge is 0.234 e. The number of carbonyl (C=O) groups excluding carboxylic acids is 4. The molecule has 2 aromatic carbocycles. The van der Waals surface area contributed by atoms with E-state index < -0.39 is 23.7 Å². The highest BCUT2D eigenvalue weighted by atomic mass is 16.3. The van der Waals surface area contributed by atoms with Crippen molar-refractivity contribution in [3.63, 3.8) is 0 Å². The molecule has 1 N–H and O–H groups in total. The van der Waals surface area contributed by atoms with Crippen LogP contribution in [0.1, 0.15) is 42.4 Å². The summed E-state index contributed by atoms with van der Waals surface area (Å²) in [5.74, 6) is -2.92. The Morgan fingerprint density at radius 3 is 2.43 bits per heavy atom. The number of allylic oxidation sites excluding steroid dienone is 6. The maximum atomic E-state index is 13.8. The number of nitrogens with zero attached hydrogens (tertiary/aromatic N) is 1. The maximum absolute atomic E-state index is 13.8. The molecule has 186 valence electrons. The van der Waals surface area contributed by atoms with Gasteiger partial charge in [-0.1, -0.05) is 60.2 Å². The zero-order valence-electron chi connectivity index (χ0n) is 20.7. The van der Waals surface area contributed by atoms with Gasteiger partial charge in [-0.3, -0.25) is 24.1 Å². The van der Waals surface area contributed by atoms with Crippen molar-refractivity contribution < 1.29 is 24.3 Å². The van der Waals surface area contributed by atoms with Gasteiger partial charge < -0.3 is 5.11 Å². The lowest BCUT2D eigenvalue weighted by atomic mass is 9.59. The Morgan fingerprint density at radius 1 is 0.919 bits per heavy atom. The summed E-state index contributed by atoms with van der Waals surface area (Å²) in [5, 5.41) is 11.0. The van der Waals surface area contributed by atoms with Crippen LogP contribution in [0.15, 0.2) is 83.0 Å². The number of phenolic OH excluding ortho intramolecular Hbond substituents is 1. The molecule has 1 heterocycles. The molecule has 0 aromatic heterocycles. The first-order valence-electron chi connectivity index (χ1n) is 12.7. The van der Waals surface area contributed by atoms with Gasteiger partial charge in [-0.2, -0.15) is 0 Å². The Bertz CT molecular complexity index is 1480. The van der Waals surface area contributed by atoms with Crippen LogP contribution < -0.4 is 0 Å². The van der Waals surface area contributed by atoms with Crippen LogP contribution in [0.5, 0.6) is 5.75 Å². The molecule has 0 bridgehead atoms. The fraction of sp³-hybridized carbons (Fsp3) is 0.290. The largest absolute Gasteiger partial charge is 0.507 e. The zero-order chi connectivity index (χ0) is 26.0. The first-order chi connectivity index (χ1) is 17.8. The molecule has 6 heteroatoms. The highest BCUT2D eigenvalue weighted by Gasteiger charge is 2.56. The molecule has 6 nitrogen and oxygen atoms in total. The minimum atomic E-state index is -0.638. The van der Waals surface area contributed by atoms with Gasteiger partial charge in [0.1, 0.15) is 5.75 Å². The number of hydrogen-bond donors (Lipinski definition) is 1. The van der Waals surface area contributed by atoms with Crippen LogP contribution in [-0.2, 0) is 25.7 Å². The third-order valence-electron chi connectivity index (χ3n) is 8.42. The standard InChI is InChI=1S/C31H27NO5/c1-16-7-6-10-20(28(16)34)25-19-11-12-21-26(22(19)14-23-24(33)13-17(2)29(35)27(23)25)31(37)32(30(21)36)15-18-8-4-3-5-9-18/h3-11,13,21-22,25-26,34H,12,14-15H2,1-2H3/t21-,22+,25+,26-/m0/s1. The van der Waals surface area contributed by atoms with E-state index in [1.807, 2.05) is 42.5 Å². The number of amides is 2. The van der Waals surface area contributed by atoms with Gasteiger partial charge in [0.25, 0.3) is 0 Å². The minimum absolute atomic E-state index is 0.0787. The molecule has 1 aliphatic heterocycles. The Labute approximate surface area is 215 Å². The van der Waals surface area contributed by atoms with E-state index in [-0.39, 0.29) is 42.1 Å². The summed E-state index contributed by atoms with van der Waals surface area (Å²) < 4.78 is 0. The molecule has 0 unspecified atom stereocenters. The van der Waals surface area contributed by atoms with Gasteiger partial charge in [-0.15, -0.1) is 0 Å². The summed E-state index contributed by atoms with van der Waals surface area (Å²) in [7, 11) is 0. The quantitative estimate of drug-likeness (QED) is 0.390. The third kappa shape index (κ3) is 3.46. The summed E-state index contributed by atoms with van der Waals surface area (Å²) in [6.07, 6.45) is 3.96. The van der Waals surface area contributed by atoms with Crippen LogP contribution in [0.4, 0.5) is 0 Å². The van der Waals surface area contributed by atoms with Gasteiger partial charge in [0.2, 0.25) is 11.8 Å². The number of aromatic hydroxyl groups is 1. The molecule has 3 aliphatic carbocycles.